The molecule has 2 aromatic carbocycles. The molecular formula is C29H29ClN2O3. The molecular weight excluding hydrogens is 460 g/mol. The maximum Gasteiger partial charge on any atom is 0.175 e. The van der Waals surface area contributed by atoms with Gasteiger partial charge in [-0.15, -0.1) is 0 Å². The maximum absolute atomic E-state index is 9.74. The highest BCUT2D eigenvalue weighted by Crippen LogP contribution is 2.41. The van der Waals surface area contributed by atoms with Crippen LogP contribution in [0.3, 0.4) is 0 Å². The van der Waals surface area contributed by atoms with Crippen LogP contribution in [0.1, 0.15) is 43.0 Å². The number of phenols is 1. The monoisotopic (exact) mass is 488 g/mol. The first-order valence-electron chi connectivity index (χ1n) is 12.1. The van der Waals surface area contributed by atoms with Crippen LogP contribution >= 0.6 is 11.6 Å². The minimum absolute atomic E-state index is 0.190. The average molecular weight is 489 g/mol. The molecule has 0 spiro atoms. The number of benzene rings is 2. The number of halogens is 1. The number of ether oxygens (including phenoxy) is 1. The van der Waals surface area contributed by atoms with Gasteiger partial charge in [0.15, 0.2) is 5.76 Å². The minimum atomic E-state index is 0.190. The summed E-state index contributed by atoms with van der Waals surface area (Å²) in [5, 5.41) is 14.8. The highest BCUT2D eigenvalue weighted by molar-refractivity contribution is 6.37. The van der Waals surface area contributed by atoms with Crippen LogP contribution < -0.4 is 4.74 Å². The molecule has 2 aliphatic rings. The minimum Gasteiger partial charge on any atom is -0.508 e. The van der Waals surface area contributed by atoms with E-state index in [1.54, 1.807) is 24.3 Å². The van der Waals surface area contributed by atoms with Gasteiger partial charge in [-0.2, -0.15) is 0 Å². The molecule has 3 aromatic rings. The van der Waals surface area contributed by atoms with Crippen molar-refractivity contribution >= 4 is 22.7 Å². The van der Waals surface area contributed by atoms with E-state index < -0.39 is 0 Å². The molecule has 0 bridgehead atoms. The largest absolute Gasteiger partial charge is 0.508 e. The third-order valence-corrected chi connectivity index (χ3v) is 6.80. The third-order valence-electron chi connectivity index (χ3n) is 6.44. The molecule has 5 rings (SSSR count). The normalized spacial score (nSPS) is 16.4. The molecule has 0 unspecified atom stereocenters. The summed E-state index contributed by atoms with van der Waals surface area (Å²) in [4.78, 5) is 2.40. The summed E-state index contributed by atoms with van der Waals surface area (Å²) in [6.45, 7) is 9.69. The maximum atomic E-state index is 9.74. The van der Waals surface area contributed by atoms with Crippen molar-refractivity contribution in [1.29, 1.82) is 0 Å². The topological polar surface area (TPSA) is 58.7 Å². The SMILES string of the molecule is C=C(c1ccc(OC2CN(CCC)C2)cc1)c1c(C2=CCCC=C2Cl)noc1-c1ccc(O)cc1. The van der Waals surface area contributed by atoms with Crippen LogP contribution in [0.5, 0.6) is 11.5 Å². The van der Waals surface area contributed by atoms with Gasteiger partial charge in [-0.05, 0) is 73.3 Å². The van der Waals surface area contributed by atoms with Gasteiger partial charge < -0.3 is 14.4 Å². The van der Waals surface area contributed by atoms with Crippen LogP contribution in [0.25, 0.3) is 22.5 Å². The fourth-order valence-corrected chi connectivity index (χ4v) is 4.86. The van der Waals surface area contributed by atoms with Gasteiger partial charge in [0, 0.05) is 29.3 Å². The number of nitrogens with zero attached hydrogens (tertiary/aromatic N) is 2. The Morgan fingerprint density at radius 1 is 1.11 bits per heavy atom. The highest BCUT2D eigenvalue weighted by atomic mass is 35.5. The molecule has 35 heavy (non-hydrogen) atoms. The van der Waals surface area contributed by atoms with E-state index in [9.17, 15) is 5.11 Å². The van der Waals surface area contributed by atoms with E-state index in [0.29, 0.717) is 16.5 Å². The second-order valence-electron chi connectivity index (χ2n) is 9.03. The van der Waals surface area contributed by atoms with Crippen molar-refractivity contribution < 1.29 is 14.4 Å². The van der Waals surface area contributed by atoms with Crippen molar-refractivity contribution in [3.05, 3.63) is 89.1 Å². The summed E-state index contributed by atoms with van der Waals surface area (Å²) in [6.07, 6.45) is 7.30. The van der Waals surface area contributed by atoms with E-state index in [1.807, 2.05) is 30.3 Å². The molecule has 180 valence electrons. The predicted molar refractivity (Wildman–Crippen MR) is 140 cm³/mol. The van der Waals surface area contributed by atoms with Gasteiger partial charge in [-0.3, -0.25) is 4.90 Å². The fraction of sp³-hybridized carbons (Fsp3) is 0.276. The molecule has 1 saturated heterocycles. The van der Waals surface area contributed by atoms with Crippen LogP contribution in [0, 0.1) is 0 Å². The fourth-order valence-electron chi connectivity index (χ4n) is 4.59. The molecule has 2 heterocycles. The number of hydrogen-bond donors (Lipinski definition) is 1. The Balaban J connectivity index is 1.44. The predicted octanol–water partition coefficient (Wildman–Crippen LogP) is 6.88. The van der Waals surface area contributed by atoms with Gasteiger partial charge in [-0.1, -0.05) is 54.5 Å². The van der Waals surface area contributed by atoms with Crippen molar-refractivity contribution in [3.8, 4) is 22.8 Å². The molecule has 0 radical (unpaired) electrons. The highest BCUT2D eigenvalue weighted by Gasteiger charge is 2.28. The molecule has 0 amide bonds. The van der Waals surface area contributed by atoms with Crippen molar-refractivity contribution in [1.82, 2.24) is 10.1 Å². The first kappa shape index (κ1) is 23.5. The van der Waals surface area contributed by atoms with E-state index >= 15 is 0 Å². The molecule has 6 heteroatoms. The van der Waals surface area contributed by atoms with Gasteiger partial charge in [0.05, 0.1) is 5.56 Å². The zero-order chi connectivity index (χ0) is 24.4. The smallest absolute Gasteiger partial charge is 0.175 e. The van der Waals surface area contributed by atoms with E-state index in [1.165, 1.54) is 6.42 Å². The van der Waals surface area contributed by atoms with E-state index in [0.717, 1.165) is 66.1 Å². The summed E-state index contributed by atoms with van der Waals surface area (Å²) in [5.41, 5.74) is 4.84. The molecule has 0 atom stereocenters. The first-order chi connectivity index (χ1) is 17.0. The van der Waals surface area contributed by atoms with Crippen LogP contribution in [0.15, 0.2) is 76.8 Å². The Labute approximate surface area is 211 Å². The number of rotatable bonds is 8. The van der Waals surface area contributed by atoms with Crippen LogP contribution in [-0.4, -0.2) is 40.9 Å². The lowest BCUT2D eigenvalue weighted by Crippen LogP contribution is -2.53. The lowest BCUT2D eigenvalue weighted by atomic mass is 9.91. The Hall–Kier alpha value is -3.28. The zero-order valence-electron chi connectivity index (χ0n) is 19.8. The second kappa shape index (κ2) is 10.1. The number of allylic oxidation sites excluding steroid dienone is 4. The molecule has 1 aromatic heterocycles. The molecule has 1 fully saturated rings. The quantitative estimate of drug-likeness (QED) is 0.374. The molecule has 5 nitrogen and oxygen atoms in total. The summed E-state index contributed by atoms with van der Waals surface area (Å²) in [7, 11) is 0. The van der Waals surface area contributed by atoms with Crippen LogP contribution in [-0.2, 0) is 0 Å². The molecule has 1 aliphatic carbocycles. The summed E-state index contributed by atoms with van der Waals surface area (Å²) in [6, 6.07) is 14.9. The van der Waals surface area contributed by atoms with Crippen LogP contribution in [0.4, 0.5) is 0 Å². The van der Waals surface area contributed by atoms with Crippen molar-refractivity contribution in [2.24, 2.45) is 0 Å². The summed E-state index contributed by atoms with van der Waals surface area (Å²) < 4.78 is 12.0. The number of aromatic nitrogens is 1. The summed E-state index contributed by atoms with van der Waals surface area (Å²) >= 11 is 6.56. The number of likely N-dealkylation sites (tertiary alicyclic amines) is 1. The Morgan fingerprint density at radius 2 is 1.83 bits per heavy atom. The van der Waals surface area contributed by atoms with Gasteiger partial charge in [0.2, 0.25) is 0 Å². The molecule has 1 N–H and O–H groups in total. The first-order valence-corrected chi connectivity index (χ1v) is 12.5. The average Bonchev–Trinajstić information content (AvgIpc) is 3.28. The van der Waals surface area contributed by atoms with Crippen molar-refractivity contribution in [2.45, 2.75) is 32.3 Å². The van der Waals surface area contributed by atoms with Gasteiger partial charge in [0.25, 0.3) is 0 Å². The second-order valence-corrected chi connectivity index (χ2v) is 9.44. The van der Waals surface area contributed by atoms with E-state index in [2.05, 4.69) is 29.6 Å². The van der Waals surface area contributed by atoms with E-state index in [-0.39, 0.29) is 11.9 Å². The number of hydrogen-bond acceptors (Lipinski definition) is 5. The zero-order valence-corrected chi connectivity index (χ0v) is 20.6. The van der Waals surface area contributed by atoms with Gasteiger partial charge >= 0.3 is 0 Å². The van der Waals surface area contributed by atoms with Gasteiger partial charge in [0.1, 0.15) is 23.3 Å². The Kier molecular flexibility index (Phi) is 6.80. The number of phenolic OH excluding ortho intramolecular Hbond substituents is 1. The Bertz CT molecular complexity index is 1270. The lowest BCUT2D eigenvalue weighted by Gasteiger charge is -2.38. The van der Waals surface area contributed by atoms with Crippen molar-refractivity contribution in [2.75, 3.05) is 19.6 Å². The molecule has 0 saturated carbocycles. The van der Waals surface area contributed by atoms with Crippen molar-refractivity contribution in [3.63, 3.8) is 0 Å². The summed E-state index contributed by atoms with van der Waals surface area (Å²) in [5.74, 6) is 1.63. The van der Waals surface area contributed by atoms with E-state index in [4.69, 9.17) is 20.9 Å². The number of aromatic hydroxyl groups is 1. The molecule has 1 aliphatic heterocycles. The van der Waals surface area contributed by atoms with Gasteiger partial charge in [-0.25, -0.2) is 0 Å². The Morgan fingerprint density at radius 3 is 2.51 bits per heavy atom. The lowest BCUT2D eigenvalue weighted by molar-refractivity contribution is 0.0202. The van der Waals surface area contributed by atoms with Crippen LogP contribution in [0.2, 0.25) is 0 Å². The third kappa shape index (κ3) is 4.93. The standard InChI is InChI=1S/C29H29ClN2O3/c1-3-16-32-17-24(18-32)34-23-14-10-20(11-15-23)19(2)27-28(25-6-4-5-7-26(25)30)31-35-29(27)21-8-12-22(33)13-9-21/h6-15,24,33H,2-5,16-18H2,1H3.